The van der Waals surface area contributed by atoms with Crippen molar-refractivity contribution in [2.75, 3.05) is 7.11 Å². The van der Waals surface area contributed by atoms with Gasteiger partial charge in [-0.3, -0.25) is 9.69 Å². The molecule has 3 aromatic carbocycles. The van der Waals surface area contributed by atoms with Gasteiger partial charge in [0.25, 0.3) is 5.91 Å². The molecule has 0 N–H and O–H groups in total. The van der Waals surface area contributed by atoms with Crippen LogP contribution in [0.4, 0.5) is 4.39 Å². The van der Waals surface area contributed by atoms with Crippen molar-refractivity contribution in [3.8, 4) is 5.75 Å². The van der Waals surface area contributed by atoms with Crippen molar-refractivity contribution in [3.63, 3.8) is 0 Å². The normalized spacial score (nSPS) is 15.4. The summed E-state index contributed by atoms with van der Waals surface area (Å²) in [5.41, 5.74) is 1.62. The highest BCUT2D eigenvalue weighted by Crippen LogP contribution is 2.38. The average molecular weight is 528 g/mol. The van der Waals surface area contributed by atoms with Gasteiger partial charge in [0.15, 0.2) is 6.04 Å². The van der Waals surface area contributed by atoms with E-state index in [1.54, 1.807) is 60.7 Å². The average Bonchev–Trinajstić information content (AvgIpc) is 3.13. The van der Waals surface area contributed by atoms with Crippen molar-refractivity contribution in [3.05, 3.63) is 105 Å². The lowest BCUT2D eigenvalue weighted by atomic mass is 10.1. The molecule has 1 aliphatic rings. The minimum atomic E-state index is -0.972. The molecule has 1 unspecified atom stereocenters. The Morgan fingerprint density at radius 3 is 2.49 bits per heavy atom. The van der Waals surface area contributed by atoms with Crippen LogP contribution < -0.4 is 4.74 Å². The van der Waals surface area contributed by atoms with Gasteiger partial charge < -0.3 is 9.47 Å². The van der Waals surface area contributed by atoms with E-state index in [1.165, 1.54) is 24.1 Å². The van der Waals surface area contributed by atoms with E-state index in [2.05, 4.69) is 0 Å². The maximum atomic E-state index is 13.9. The molecule has 3 aromatic rings. The Kier molecular flexibility index (Phi) is 7.85. The van der Waals surface area contributed by atoms with Crippen LogP contribution in [-0.4, -0.2) is 28.2 Å². The first-order valence-electron chi connectivity index (χ1n) is 10.4. The van der Waals surface area contributed by atoms with Gasteiger partial charge in [0, 0.05) is 5.56 Å². The molecule has 0 spiro atoms. The number of methoxy groups -OCH3 is 1. The van der Waals surface area contributed by atoms with Crippen molar-refractivity contribution in [1.29, 1.82) is 0 Å². The molecule has 0 aromatic heterocycles. The van der Waals surface area contributed by atoms with Gasteiger partial charge >= 0.3 is 5.97 Å². The summed E-state index contributed by atoms with van der Waals surface area (Å²) in [6, 6.07) is 19.3. The number of carbonyl (C=O) groups excluding carboxylic acids is 2. The van der Waals surface area contributed by atoms with E-state index < -0.39 is 17.8 Å². The van der Waals surface area contributed by atoms with Crippen LogP contribution in [0.5, 0.6) is 5.75 Å². The molecule has 178 valence electrons. The van der Waals surface area contributed by atoms with Crippen LogP contribution in [0.1, 0.15) is 22.7 Å². The summed E-state index contributed by atoms with van der Waals surface area (Å²) in [7, 11) is 1.27. The first kappa shape index (κ1) is 24.9. The molecule has 1 atom stereocenters. The van der Waals surface area contributed by atoms with Gasteiger partial charge in [-0.05, 0) is 41.5 Å². The highest BCUT2D eigenvalue weighted by atomic mass is 35.5. The van der Waals surface area contributed by atoms with E-state index >= 15 is 0 Å². The topological polar surface area (TPSA) is 55.8 Å². The Balaban J connectivity index is 1.50. The zero-order valence-electron chi connectivity index (χ0n) is 18.4. The molecule has 0 bridgehead atoms. The fourth-order valence-electron chi connectivity index (χ4n) is 3.48. The predicted molar refractivity (Wildman–Crippen MR) is 138 cm³/mol. The number of halogens is 2. The summed E-state index contributed by atoms with van der Waals surface area (Å²) >= 11 is 12.6. The van der Waals surface area contributed by atoms with Crippen LogP contribution >= 0.6 is 35.6 Å². The molecule has 0 aliphatic carbocycles. The van der Waals surface area contributed by atoms with Crippen LogP contribution in [0.25, 0.3) is 6.08 Å². The van der Waals surface area contributed by atoms with Crippen LogP contribution in [0.15, 0.2) is 77.7 Å². The van der Waals surface area contributed by atoms with E-state index in [0.29, 0.717) is 21.2 Å². The van der Waals surface area contributed by atoms with Crippen molar-refractivity contribution in [2.45, 2.75) is 12.6 Å². The molecule has 4 rings (SSSR count). The SMILES string of the molecule is COC(=O)C(c1ccccc1)N1C(=O)/C(=C\c2ccc(OCc3c(F)cccc3Cl)cc2)SC1=S. The highest BCUT2D eigenvalue weighted by Gasteiger charge is 2.41. The summed E-state index contributed by atoms with van der Waals surface area (Å²) in [6.45, 7) is -0.0160. The molecular formula is C26H19ClFNO4S2. The molecule has 35 heavy (non-hydrogen) atoms. The third-order valence-electron chi connectivity index (χ3n) is 5.24. The van der Waals surface area contributed by atoms with Crippen molar-refractivity contribution in [2.24, 2.45) is 0 Å². The number of esters is 1. The van der Waals surface area contributed by atoms with Crippen molar-refractivity contribution in [1.82, 2.24) is 4.90 Å². The predicted octanol–water partition coefficient (Wildman–Crippen LogP) is 6.17. The zero-order chi connectivity index (χ0) is 24.9. The molecule has 1 amide bonds. The summed E-state index contributed by atoms with van der Waals surface area (Å²) in [4.78, 5) is 27.4. The van der Waals surface area contributed by atoms with E-state index in [1.807, 2.05) is 6.07 Å². The molecule has 1 fully saturated rings. The van der Waals surface area contributed by atoms with Gasteiger partial charge in [0.1, 0.15) is 22.5 Å². The molecule has 1 heterocycles. The Morgan fingerprint density at radius 2 is 1.83 bits per heavy atom. The molecule has 0 saturated carbocycles. The molecule has 0 radical (unpaired) electrons. The van der Waals surface area contributed by atoms with Gasteiger partial charge in [-0.25, -0.2) is 9.18 Å². The number of ether oxygens (including phenoxy) is 2. The second-order valence-electron chi connectivity index (χ2n) is 7.45. The van der Waals surface area contributed by atoms with Gasteiger partial charge in [-0.2, -0.15) is 0 Å². The quantitative estimate of drug-likeness (QED) is 0.208. The lowest BCUT2D eigenvalue weighted by Crippen LogP contribution is -2.37. The van der Waals surface area contributed by atoms with Crippen LogP contribution in [0.2, 0.25) is 5.02 Å². The number of hydrogen-bond donors (Lipinski definition) is 0. The molecule has 1 saturated heterocycles. The zero-order valence-corrected chi connectivity index (χ0v) is 20.8. The van der Waals surface area contributed by atoms with E-state index in [4.69, 9.17) is 33.3 Å². The minimum Gasteiger partial charge on any atom is -0.489 e. The molecule has 9 heteroatoms. The van der Waals surface area contributed by atoms with Gasteiger partial charge in [-0.15, -0.1) is 0 Å². The summed E-state index contributed by atoms with van der Waals surface area (Å²) in [5.74, 6) is -0.875. The largest absolute Gasteiger partial charge is 0.489 e. The summed E-state index contributed by atoms with van der Waals surface area (Å²) in [6.07, 6.45) is 1.69. The van der Waals surface area contributed by atoms with E-state index in [9.17, 15) is 14.0 Å². The number of amides is 1. The maximum Gasteiger partial charge on any atom is 0.333 e. The first-order valence-corrected chi connectivity index (χ1v) is 12.0. The lowest BCUT2D eigenvalue weighted by molar-refractivity contribution is -0.148. The van der Waals surface area contributed by atoms with Gasteiger partial charge in [0.2, 0.25) is 0 Å². The number of rotatable bonds is 7. The molecular weight excluding hydrogens is 509 g/mol. The van der Waals surface area contributed by atoms with Crippen LogP contribution in [-0.2, 0) is 20.9 Å². The fraction of sp³-hybridized carbons (Fsp3) is 0.115. The smallest absolute Gasteiger partial charge is 0.333 e. The standard InChI is InChI=1S/C26H19ClFNO4S2/c1-32-25(31)23(17-6-3-2-4-7-17)29-24(30)22(35-26(29)34)14-16-10-12-18(13-11-16)33-15-19-20(27)8-5-9-21(19)28/h2-14,23H,15H2,1H3/b22-14+. The number of hydrogen-bond acceptors (Lipinski definition) is 6. The third-order valence-corrected chi connectivity index (χ3v) is 6.93. The molecule has 5 nitrogen and oxygen atoms in total. The Labute approximate surface area is 216 Å². The maximum absolute atomic E-state index is 13.9. The number of thiocarbonyl (C=S) groups is 1. The number of benzene rings is 3. The fourth-order valence-corrected chi connectivity index (χ4v) is 5.01. The summed E-state index contributed by atoms with van der Waals surface area (Å²) in [5, 5.41) is 0.296. The van der Waals surface area contributed by atoms with Crippen LogP contribution in [0.3, 0.4) is 0 Å². The monoisotopic (exact) mass is 527 g/mol. The molecule has 1 aliphatic heterocycles. The van der Waals surface area contributed by atoms with Crippen molar-refractivity contribution < 1.29 is 23.5 Å². The van der Waals surface area contributed by atoms with E-state index in [-0.39, 0.29) is 22.4 Å². The van der Waals surface area contributed by atoms with Gasteiger partial charge in [-0.1, -0.05) is 84.1 Å². The van der Waals surface area contributed by atoms with E-state index in [0.717, 1.165) is 17.3 Å². The van der Waals surface area contributed by atoms with Crippen LogP contribution in [0, 0.1) is 5.82 Å². The minimum absolute atomic E-state index is 0.0160. The first-order chi connectivity index (χ1) is 16.9. The highest BCUT2D eigenvalue weighted by molar-refractivity contribution is 8.26. The number of carbonyl (C=O) groups is 2. The Morgan fingerprint density at radius 1 is 1.11 bits per heavy atom. The number of thioether (sulfide) groups is 1. The number of nitrogens with zero attached hydrogens (tertiary/aromatic N) is 1. The van der Waals surface area contributed by atoms with Crippen molar-refractivity contribution >= 4 is 57.9 Å². The third kappa shape index (κ3) is 5.56. The Hall–Kier alpha value is -3.20. The lowest BCUT2D eigenvalue weighted by Gasteiger charge is -2.24. The van der Waals surface area contributed by atoms with Gasteiger partial charge in [0.05, 0.1) is 17.0 Å². The summed E-state index contributed by atoms with van der Waals surface area (Å²) < 4.78 is 24.8. The Bertz CT molecular complexity index is 1280. The second-order valence-corrected chi connectivity index (χ2v) is 9.53. The second kappa shape index (κ2) is 11.0.